The van der Waals surface area contributed by atoms with Crippen molar-refractivity contribution in [1.29, 1.82) is 0 Å². The maximum Gasteiger partial charge on any atom is 0.348 e. The van der Waals surface area contributed by atoms with Gasteiger partial charge in [-0.1, -0.05) is 13.0 Å². The molecule has 1 aliphatic heterocycles. The highest BCUT2D eigenvalue weighted by Crippen LogP contribution is 2.42. The van der Waals surface area contributed by atoms with E-state index in [0.29, 0.717) is 29.2 Å². The van der Waals surface area contributed by atoms with E-state index in [-0.39, 0.29) is 11.3 Å². The van der Waals surface area contributed by atoms with Crippen molar-refractivity contribution in [1.82, 2.24) is 9.88 Å². The number of nitrogens with zero attached hydrogens (tertiary/aromatic N) is 2. The molecule has 2 fully saturated rings. The summed E-state index contributed by atoms with van der Waals surface area (Å²) in [6.45, 7) is 7.69. The number of pyridine rings is 1. The Morgan fingerprint density at radius 3 is 2.95 bits per heavy atom. The van der Waals surface area contributed by atoms with E-state index in [1.54, 1.807) is 11.3 Å². The molecule has 5 rings (SSSR count). The van der Waals surface area contributed by atoms with Gasteiger partial charge in [0.05, 0.1) is 13.2 Å². The lowest BCUT2D eigenvalue weighted by atomic mass is 9.90. The van der Waals surface area contributed by atoms with Gasteiger partial charge in [0.15, 0.2) is 0 Å². The van der Waals surface area contributed by atoms with Gasteiger partial charge >= 0.3 is 5.97 Å². The van der Waals surface area contributed by atoms with Crippen LogP contribution >= 0.6 is 22.9 Å². The van der Waals surface area contributed by atoms with Gasteiger partial charge in [0.25, 0.3) is 0 Å². The second-order valence-electron chi connectivity index (χ2n) is 10.6. The summed E-state index contributed by atoms with van der Waals surface area (Å²) in [6.07, 6.45) is 8.15. The van der Waals surface area contributed by atoms with Crippen molar-refractivity contribution in [3.63, 3.8) is 0 Å². The van der Waals surface area contributed by atoms with Gasteiger partial charge in [-0.25, -0.2) is 4.79 Å². The molecule has 8 heteroatoms. The minimum absolute atomic E-state index is 0.192. The quantitative estimate of drug-likeness (QED) is 0.228. The number of morpholine rings is 1. The predicted molar refractivity (Wildman–Crippen MR) is 155 cm³/mol. The number of halogens is 1. The van der Waals surface area contributed by atoms with Crippen molar-refractivity contribution in [3.8, 4) is 0 Å². The van der Waals surface area contributed by atoms with Gasteiger partial charge in [-0.15, -0.1) is 22.9 Å². The number of aromatic nitrogens is 1. The van der Waals surface area contributed by atoms with Crippen LogP contribution in [0.25, 0.3) is 10.8 Å². The van der Waals surface area contributed by atoms with Crippen LogP contribution in [0, 0.1) is 17.8 Å². The zero-order valence-electron chi connectivity index (χ0n) is 22.1. The topological polar surface area (TPSA) is 63.7 Å². The predicted octanol–water partition coefficient (Wildman–Crippen LogP) is 6.10. The molecule has 6 nitrogen and oxygen atoms in total. The molecule has 1 saturated heterocycles. The van der Waals surface area contributed by atoms with Gasteiger partial charge in [-0.2, -0.15) is 0 Å². The Hall–Kier alpha value is -2.19. The summed E-state index contributed by atoms with van der Waals surface area (Å²) >= 11 is 8.47. The Bertz CT molecular complexity index is 1200. The Morgan fingerprint density at radius 2 is 2.08 bits per heavy atom. The number of rotatable bonds is 11. The van der Waals surface area contributed by atoms with Crippen molar-refractivity contribution in [2.75, 3.05) is 51.3 Å². The van der Waals surface area contributed by atoms with Crippen LogP contribution in [0.3, 0.4) is 0 Å². The van der Waals surface area contributed by atoms with E-state index < -0.39 is 0 Å². The summed E-state index contributed by atoms with van der Waals surface area (Å²) in [5.74, 6) is 1.37. The minimum Gasteiger partial charge on any atom is -0.460 e. The van der Waals surface area contributed by atoms with E-state index in [2.05, 4.69) is 46.4 Å². The number of alkyl halides is 1. The third kappa shape index (κ3) is 7.06. The highest BCUT2D eigenvalue weighted by molar-refractivity contribution is 7.13. The van der Waals surface area contributed by atoms with Gasteiger partial charge in [-0.3, -0.25) is 9.88 Å². The normalized spacial score (nSPS) is 24.1. The monoisotopic (exact) mass is 555 g/mol. The average Bonchev–Trinajstić information content (AvgIpc) is 3.52. The Balaban J connectivity index is 1.07. The maximum atomic E-state index is 12.5. The molecule has 2 unspecified atom stereocenters. The summed E-state index contributed by atoms with van der Waals surface area (Å²) in [5.41, 5.74) is 1.13. The van der Waals surface area contributed by atoms with Crippen LogP contribution < -0.4 is 5.32 Å². The largest absolute Gasteiger partial charge is 0.460 e. The van der Waals surface area contributed by atoms with Crippen molar-refractivity contribution < 1.29 is 14.3 Å². The highest BCUT2D eigenvalue weighted by Gasteiger charge is 2.39. The zero-order chi connectivity index (χ0) is 26.3. The molecule has 1 saturated carbocycles. The molecule has 1 aromatic carbocycles. The van der Waals surface area contributed by atoms with Gasteiger partial charge in [0.2, 0.25) is 0 Å². The van der Waals surface area contributed by atoms with Crippen LogP contribution in [0.2, 0.25) is 0 Å². The number of thiophene rings is 1. The van der Waals surface area contributed by atoms with E-state index in [0.717, 1.165) is 69.7 Å². The molecular weight excluding hydrogens is 518 g/mol. The summed E-state index contributed by atoms with van der Waals surface area (Å²) < 4.78 is 10.9. The first kappa shape index (κ1) is 27.4. The number of hydrogen-bond acceptors (Lipinski definition) is 7. The number of esters is 1. The molecule has 38 heavy (non-hydrogen) atoms. The fourth-order valence-electron chi connectivity index (χ4n) is 5.83. The molecule has 2 aliphatic rings. The van der Waals surface area contributed by atoms with E-state index in [4.69, 9.17) is 21.1 Å². The number of anilines is 1. The standard InChI is InChI=1S/C30H38ClN3O3S/c1-21-17-23(27(29(21)31)20-33-25-6-5-24-19-32-10-9-22(24)18-25)3-2-4-26-7-8-28(38-26)30(35)37-16-13-34-11-14-36-15-12-34/h5-10,18-19,21,23,27,29,33H,2-4,11-17,20H2,1H3/t21?,23-,27+,29?/m0/s1. The first-order valence-electron chi connectivity index (χ1n) is 13.8. The molecule has 0 amide bonds. The number of fused-ring (bicyclic) bond motifs is 1. The van der Waals surface area contributed by atoms with Crippen LogP contribution in [0.15, 0.2) is 48.8 Å². The number of hydrogen-bond donors (Lipinski definition) is 1. The molecular formula is C30H38ClN3O3S. The molecule has 204 valence electrons. The lowest BCUT2D eigenvalue weighted by Gasteiger charge is -2.26. The van der Waals surface area contributed by atoms with E-state index in [9.17, 15) is 4.79 Å². The molecule has 3 heterocycles. The van der Waals surface area contributed by atoms with Crippen molar-refractivity contribution in [2.45, 2.75) is 38.0 Å². The fourth-order valence-corrected chi connectivity index (χ4v) is 7.17. The van der Waals surface area contributed by atoms with Crippen LogP contribution in [0.4, 0.5) is 5.69 Å². The lowest BCUT2D eigenvalue weighted by molar-refractivity contribution is 0.0197. The molecule has 0 radical (unpaired) electrons. The zero-order valence-corrected chi connectivity index (χ0v) is 23.7. The summed E-state index contributed by atoms with van der Waals surface area (Å²) in [5, 5.41) is 6.20. The highest BCUT2D eigenvalue weighted by atomic mass is 35.5. The number of aryl methyl sites for hydroxylation is 1. The summed E-state index contributed by atoms with van der Waals surface area (Å²) in [4.78, 5) is 20.9. The number of benzene rings is 1. The Morgan fingerprint density at radius 1 is 1.21 bits per heavy atom. The second-order valence-corrected chi connectivity index (χ2v) is 12.3. The summed E-state index contributed by atoms with van der Waals surface area (Å²) in [7, 11) is 0. The smallest absolute Gasteiger partial charge is 0.348 e. The number of carbonyl (C=O) groups excluding carboxylic acids is 1. The van der Waals surface area contributed by atoms with Gasteiger partial charge in [-0.05, 0) is 79.2 Å². The average molecular weight is 556 g/mol. The third-order valence-electron chi connectivity index (χ3n) is 8.02. The molecule has 4 atom stereocenters. The van der Waals surface area contributed by atoms with E-state index in [1.807, 2.05) is 24.5 Å². The van der Waals surface area contributed by atoms with Crippen LogP contribution in [-0.2, 0) is 15.9 Å². The number of carbonyl (C=O) groups is 1. The third-order valence-corrected chi connectivity index (χ3v) is 9.90. The molecule has 2 aromatic heterocycles. The van der Waals surface area contributed by atoms with Gasteiger partial charge < -0.3 is 14.8 Å². The van der Waals surface area contributed by atoms with Gasteiger partial charge in [0, 0.05) is 59.9 Å². The first-order chi connectivity index (χ1) is 18.6. The molecule has 1 N–H and O–H groups in total. The Kier molecular flexibility index (Phi) is 9.54. The van der Waals surface area contributed by atoms with Crippen LogP contribution in [-0.4, -0.2) is 67.2 Å². The maximum absolute atomic E-state index is 12.5. The van der Waals surface area contributed by atoms with Crippen LogP contribution in [0.1, 0.15) is 40.7 Å². The fraction of sp³-hybridized carbons (Fsp3) is 0.533. The van der Waals surface area contributed by atoms with Gasteiger partial charge in [0.1, 0.15) is 11.5 Å². The lowest BCUT2D eigenvalue weighted by Crippen LogP contribution is -2.38. The second kappa shape index (κ2) is 13.2. The first-order valence-corrected chi connectivity index (χ1v) is 15.1. The molecule has 1 aliphatic carbocycles. The molecule has 3 aromatic rings. The van der Waals surface area contributed by atoms with Crippen LogP contribution in [0.5, 0.6) is 0 Å². The molecule has 0 bridgehead atoms. The van der Waals surface area contributed by atoms with Crippen molar-refractivity contribution >= 4 is 45.4 Å². The Labute approximate surface area is 234 Å². The van der Waals surface area contributed by atoms with E-state index in [1.165, 1.54) is 16.7 Å². The number of nitrogens with one attached hydrogen (secondary N) is 1. The number of ether oxygens (including phenoxy) is 2. The minimum atomic E-state index is -0.208. The van der Waals surface area contributed by atoms with E-state index >= 15 is 0 Å². The van der Waals surface area contributed by atoms with Crippen molar-refractivity contribution in [3.05, 3.63) is 58.5 Å². The molecule has 0 spiro atoms. The summed E-state index contributed by atoms with van der Waals surface area (Å²) in [6, 6.07) is 12.5. The SMILES string of the molecule is CC1C[C@H](CCCc2ccc(C(=O)OCCN3CCOCC3)s2)[C@@H](CNc2ccc3cnccc3c2)C1Cl. The van der Waals surface area contributed by atoms with Crippen molar-refractivity contribution in [2.24, 2.45) is 17.8 Å².